The SMILES string of the molecule is CCCn1nc(-c2ccc(C(F)(F)F)cc2)nc1CCCc1ccc(OC(C)(C)C(=O)OC(C)(C)C)c(C)c1. The van der Waals surface area contributed by atoms with E-state index in [-0.39, 0.29) is 0 Å². The maximum Gasteiger partial charge on any atom is 0.416 e. The molecule has 3 rings (SSSR count). The van der Waals surface area contributed by atoms with E-state index >= 15 is 0 Å². The Morgan fingerprint density at radius 1 is 0.974 bits per heavy atom. The zero-order chi connectivity index (χ0) is 29.0. The Hall–Kier alpha value is -3.36. The second-order valence-electron chi connectivity index (χ2n) is 11.2. The fourth-order valence-electron chi connectivity index (χ4n) is 4.03. The Labute approximate surface area is 228 Å². The molecule has 0 amide bonds. The van der Waals surface area contributed by atoms with Crippen molar-refractivity contribution in [3.63, 3.8) is 0 Å². The van der Waals surface area contributed by atoms with Gasteiger partial charge in [-0.2, -0.15) is 18.3 Å². The summed E-state index contributed by atoms with van der Waals surface area (Å²) in [6.45, 7) is 13.5. The molecule has 1 heterocycles. The molecule has 0 atom stereocenters. The zero-order valence-corrected chi connectivity index (χ0v) is 23.8. The Balaban J connectivity index is 1.65. The highest BCUT2D eigenvalue weighted by Gasteiger charge is 2.35. The van der Waals surface area contributed by atoms with Crippen LogP contribution in [-0.2, 0) is 35.1 Å². The summed E-state index contributed by atoms with van der Waals surface area (Å²) in [5, 5.41) is 4.55. The van der Waals surface area contributed by atoms with Gasteiger partial charge in [0.15, 0.2) is 11.4 Å². The number of ether oxygens (including phenoxy) is 2. The quantitative estimate of drug-likeness (QED) is 0.249. The molecule has 0 aliphatic carbocycles. The van der Waals surface area contributed by atoms with Crippen molar-refractivity contribution in [1.29, 1.82) is 0 Å². The normalized spacial score (nSPS) is 12.5. The van der Waals surface area contributed by atoms with Crippen molar-refractivity contribution < 1.29 is 27.4 Å². The molecule has 0 fully saturated rings. The number of hydrogen-bond donors (Lipinski definition) is 0. The third kappa shape index (κ3) is 8.31. The van der Waals surface area contributed by atoms with Gasteiger partial charge in [0, 0.05) is 18.5 Å². The predicted octanol–water partition coefficient (Wildman–Crippen LogP) is 7.36. The number of nitrogens with zero attached hydrogens (tertiary/aromatic N) is 3. The second-order valence-corrected chi connectivity index (χ2v) is 11.2. The highest BCUT2D eigenvalue weighted by atomic mass is 19.4. The van der Waals surface area contributed by atoms with Gasteiger partial charge in [-0.3, -0.25) is 0 Å². The van der Waals surface area contributed by atoms with E-state index in [0.29, 0.717) is 30.1 Å². The van der Waals surface area contributed by atoms with Crippen molar-refractivity contribution in [3.05, 3.63) is 65.0 Å². The van der Waals surface area contributed by atoms with Gasteiger partial charge in [0.2, 0.25) is 0 Å². The Morgan fingerprint density at radius 3 is 2.21 bits per heavy atom. The summed E-state index contributed by atoms with van der Waals surface area (Å²) >= 11 is 0. The number of aryl methyl sites for hydroxylation is 4. The van der Waals surface area contributed by atoms with Crippen LogP contribution in [0, 0.1) is 6.92 Å². The van der Waals surface area contributed by atoms with Gasteiger partial charge in [-0.1, -0.05) is 31.2 Å². The Bertz CT molecular complexity index is 1270. The molecule has 0 aliphatic heterocycles. The Kier molecular flexibility index (Phi) is 9.13. The van der Waals surface area contributed by atoms with E-state index < -0.39 is 28.9 Å². The molecular formula is C30H38F3N3O3. The van der Waals surface area contributed by atoms with E-state index in [1.807, 2.05) is 57.5 Å². The summed E-state index contributed by atoms with van der Waals surface area (Å²) < 4.78 is 52.1. The van der Waals surface area contributed by atoms with Gasteiger partial charge < -0.3 is 9.47 Å². The molecule has 0 unspecified atom stereocenters. The van der Waals surface area contributed by atoms with Gasteiger partial charge in [0.25, 0.3) is 0 Å². The topological polar surface area (TPSA) is 66.2 Å². The van der Waals surface area contributed by atoms with Gasteiger partial charge in [0.05, 0.1) is 5.56 Å². The minimum atomic E-state index is -4.38. The summed E-state index contributed by atoms with van der Waals surface area (Å²) in [4.78, 5) is 17.2. The van der Waals surface area contributed by atoms with Crippen LogP contribution in [0.15, 0.2) is 42.5 Å². The maximum absolute atomic E-state index is 12.9. The molecule has 3 aromatic rings. The fourth-order valence-corrected chi connectivity index (χ4v) is 4.03. The van der Waals surface area contributed by atoms with Crippen LogP contribution in [0.3, 0.4) is 0 Å². The lowest BCUT2D eigenvalue weighted by Crippen LogP contribution is -2.43. The lowest BCUT2D eigenvalue weighted by atomic mass is 10.0. The first-order valence-electron chi connectivity index (χ1n) is 13.2. The molecule has 0 saturated heterocycles. The number of aromatic nitrogens is 3. The van der Waals surface area contributed by atoms with Crippen LogP contribution >= 0.6 is 0 Å². The number of carbonyl (C=O) groups is 1. The van der Waals surface area contributed by atoms with Crippen molar-refractivity contribution in [2.75, 3.05) is 0 Å². The van der Waals surface area contributed by atoms with Crippen molar-refractivity contribution in [2.45, 2.75) is 98.1 Å². The molecule has 212 valence electrons. The van der Waals surface area contributed by atoms with Crippen molar-refractivity contribution in [1.82, 2.24) is 14.8 Å². The first-order valence-corrected chi connectivity index (χ1v) is 13.2. The van der Waals surface area contributed by atoms with Gasteiger partial charge in [0.1, 0.15) is 17.2 Å². The summed E-state index contributed by atoms with van der Waals surface area (Å²) in [6, 6.07) is 10.8. The van der Waals surface area contributed by atoms with Crippen molar-refractivity contribution >= 4 is 5.97 Å². The standard InChI is InChI=1S/C30H38F3N3O3/c1-8-18-36-25(34-26(35-36)22-13-15-23(16-14-22)30(31,32)33)11-9-10-21-12-17-24(20(2)19-21)38-29(6,7)27(37)39-28(3,4)5/h12-17,19H,8-11,18H2,1-7H3. The number of halogens is 3. The lowest BCUT2D eigenvalue weighted by Gasteiger charge is -2.29. The molecule has 0 saturated carbocycles. The molecule has 0 bridgehead atoms. The highest BCUT2D eigenvalue weighted by molar-refractivity contribution is 5.79. The predicted molar refractivity (Wildman–Crippen MR) is 145 cm³/mol. The smallest absolute Gasteiger partial charge is 0.416 e. The Morgan fingerprint density at radius 2 is 1.64 bits per heavy atom. The zero-order valence-electron chi connectivity index (χ0n) is 23.8. The monoisotopic (exact) mass is 545 g/mol. The number of benzene rings is 2. The van der Waals surface area contributed by atoms with Crippen LogP contribution in [0.2, 0.25) is 0 Å². The van der Waals surface area contributed by atoms with Crippen LogP contribution in [0.1, 0.15) is 76.9 Å². The molecule has 0 spiro atoms. The first kappa shape index (κ1) is 30.2. The number of hydrogen-bond acceptors (Lipinski definition) is 5. The van der Waals surface area contributed by atoms with Crippen LogP contribution in [0.25, 0.3) is 11.4 Å². The molecule has 0 N–H and O–H groups in total. The van der Waals surface area contributed by atoms with E-state index in [1.165, 1.54) is 12.1 Å². The van der Waals surface area contributed by atoms with E-state index in [0.717, 1.165) is 48.3 Å². The number of alkyl halides is 3. The maximum atomic E-state index is 12.9. The summed E-state index contributed by atoms with van der Waals surface area (Å²) in [5.74, 6) is 1.43. The fraction of sp³-hybridized carbons (Fsp3) is 0.500. The molecule has 1 aromatic heterocycles. The molecular weight excluding hydrogens is 507 g/mol. The molecule has 0 radical (unpaired) electrons. The van der Waals surface area contributed by atoms with E-state index in [2.05, 4.69) is 10.1 Å². The van der Waals surface area contributed by atoms with Crippen LogP contribution < -0.4 is 4.74 Å². The van der Waals surface area contributed by atoms with E-state index in [4.69, 9.17) is 9.47 Å². The van der Waals surface area contributed by atoms with Gasteiger partial charge in [-0.15, -0.1) is 0 Å². The van der Waals surface area contributed by atoms with Crippen molar-refractivity contribution in [3.8, 4) is 17.1 Å². The van der Waals surface area contributed by atoms with E-state index in [1.54, 1.807) is 13.8 Å². The largest absolute Gasteiger partial charge is 0.476 e. The summed E-state index contributed by atoms with van der Waals surface area (Å²) in [6.07, 6.45) is -1.22. The third-order valence-corrected chi connectivity index (χ3v) is 6.01. The van der Waals surface area contributed by atoms with Gasteiger partial charge in [-0.05, 0) is 90.1 Å². The third-order valence-electron chi connectivity index (χ3n) is 6.01. The summed E-state index contributed by atoms with van der Waals surface area (Å²) in [7, 11) is 0. The molecule has 0 aliphatic rings. The second kappa shape index (κ2) is 11.8. The number of carbonyl (C=O) groups excluding carboxylic acids is 1. The highest BCUT2D eigenvalue weighted by Crippen LogP contribution is 2.31. The summed E-state index contributed by atoms with van der Waals surface area (Å²) in [5.41, 5.74) is 0.172. The molecule has 2 aromatic carbocycles. The van der Waals surface area contributed by atoms with Gasteiger partial charge in [-0.25, -0.2) is 14.5 Å². The number of esters is 1. The molecule has 6 nitrogen and oxygen atoms in total. The molecule has 9 heteroatoms. The van der Waals surface area contributed by atoms with Gasteiger partial charge >= 0.3 is 12.1 Å². The first-order chi connectivity index (χ1) is 18.1. The molecule has 39 heavy (non-hydrogen) atoms. The van der Waals surface area contributed by atoms with Crippen LogP contribution in [-0.4, -0.2) is 31.9 Å². The minimum Gasteiger partial charge on any atom is -0.476 e. The lowest BCUT2D eigenvalue weighted by molar-refractivity contribution is -0.171. The van der Waals surface area contributed by atoms with Crippen LogP contribution in [0.4, 0.5) is 13.2 Å². The van der Waals surface area contributed by atoms with Crippen molar-refractivity contribution in [2.24, 2.45) is 0 Å². The van der Waals surface area contributed by atoms with Crippen LogP contribution in [0.5, 0.6) is 5.75 Å². The average molecular weight is 546 g/mol. The minimum absolute atomic E-state index is 0.426. The average Bonchev–Trinajstić information content (AvgIpc) is 3.22. The number of rotatable bonds is 10. The van der Waals surface area contributed by atoms with E-state index in [9.17, 15) is 18.0 Å².